The molecule has 0 amide bonds. The minimum atomic E-state index is -0.410. The molecule has 0 heterocycles. The van der Waals surface area contributed by atoms with Crippen LogP contribution >= 0.6 is 0 Å². The molecule has 0 spiro atoms. The summed E-state index contributed by atoms with van der Waals surface area (Å²) in [5, 5.41) is 14.2. The first kappa shape index (κ1) is 13.6. The highest BCUT2D eigenvalue weighted by atomic mass is 16.6. The van der Waals surface area contributed by atoms with Gasteiger partial charge in [-0.05, 0) is 30.7 Å². The third-order valence-electron chi connectivity index (χ3n) is 3.73. The van der Waals surface area contributed by atoms with Crippen LogP contribution in [0.15, 0.2) is 18.2 Å². The zero-order valence-corrected chi connectivity index (χ0v) is 11.5. The van der Waals surface area contributed by atoms with E-state index >= 15 is 0 Å². The number of benzene rings is 1. The van der Waals surface area contributed by atoms with Crippen molar-refractivity contribution in [3.05, 3.63) is 28.3 Å². The highest BCUT2D eigenvalue weighted by molar-refractivity contribution is 5.61. The molecule has 0 radical (unpaired) electrons. The zero-order valence-electron chi connectivity index (χ0n) is 11.5. The first-order chi connectivity index (χ1) is 8.85. The summed E-state index contributed by atoms with van der Waals surface area (Å²) in [7, 11) is 0. The number of anilines is 2. The molecule has 1 aliphatic rings. The maximum atomic E-state index is 10.8. The van der Waals surface area contributed by atoms with Gasteiger partial charge in [0.1, 0.15) is 0 Å². The number of rotatable bonds is 3. The lowest BCUT2D eigenvalue weighted by atomic mass is 9.75. The number of nitrogens with one attached hydrogen (secondary N) is 1. The van der Waals surface area contributed by atoms with E-state index < -0.39 is 4.92 Å². The Hall–Kier alpha value is -1.78. The Kier molecular flexibility index (Phi) is 3.64. The van der Waals surface area contributed by atoms with Crippen molar-refractivity contribution in [1.82, 2.24) is 0 Å². The van der Waals surface area contributed by atoms with Gasteiger partial charge >= 0.3 is 0 Å². The summed E-state index contributed by atoms with van der Waals surface area (Å²) in [5.41, 5.74) is 7.25. The third kappa shape index (κ3) is 3.59. The molecule has 5 heteroatoms. The lowest BCUT2D eigenvalue weighted by molar-refractivity contribution is -0.384. The van der Waals surface area contributed by atoms with Gasteiger partial charge in [0, 0.05) is 29.5 Å². The van der Waals surface area contributed by atoms with E-state index in [1.54, 1.807) is 12.1 Å². The Morgan fingerprint density at radius 1 is 1.42 bits per heavy atom. The topological polar surface area (TPSA) is 81.2 Å². The van der Waals surface area contributed by atoms with Crippen molar-refractivity contribution in [2.75, 3.05) is 11.1 Å². The van der Waals surface area contributed by atoms with Crippen LogP contribution in [0.5, 0.6) is 0 Å². The number of hydrogen-bond acceptors (Lipinski definition) is 4. The highest BCUT2D eigenvalue weighted by Gasteiger charge is 2.28. The van der Waals surface area contributed by atoms with Gasteiger partial charge < -0.3 is 11.1 Å². The summed E-state index contributed by atoms with van der Waals surface area (Å²) in [6, 6.07) is 5.06. The molecule has 0 bridgehead atoms. The minimum absolute atomic E-state index is 0.0394. The fourth-order valence-electron chi connectivity index (χ4n) is 2.88. The Bertz CT molecular complexity index is 486. The van der Waals surface area contributed by atoms with Crippen LogP contribution in [0.1, 0.15) is 39.5 Å². The van der Waals surface area contributed by atoms with Crippen molar-refractivity contribution < 1.29 is 4.92 Å². The fraction of sp³-hybridized carbons (Fsp3) is 0.571. The van der Waals surface area contributed by atoms with E-state index in [-0.39, 0.29) is 5.69 Å². The second-order valence-corrected chi connectivity index (χ2v) is 6.17. The van der Waals surface area contributed by atoms with Gasteiger partial charge in [0.05, 0.1) is 4.92 Å². The summed E-state index contributed by atoms with van der Waals surface area (Å²) in [6.45, 7) is 4.53. The Balaban J connectivity index is 2.12. The van der Waals surface area contributed by atoms with Crippen molar-refractivity contribution in [3.63, 3.8) is 0 Å². The summed E-state index contributed by atoms with van der Waals surface area (Å²) in [5.74, 6) is 0. The normalized spacial score (nSPS) is 21.9. The van der Waals surface area contributed by atoms with Gasteiger partial charge in [-0.25, -0.2) is 0 Å². The monoisotopic (exact) mass is 263 g/mol. The van der Waals surface area contributed by atoms with E-state index in [2.05, 4.69) is 19.2 Å². The van der Waals surface area contributed by atoms with E-state index in [0.717, 1.165) is 18.5 Å². The van der Waals surface area contributed by atoms with Crippen LogP contribution in [-0.2, 0) is 0 Å². The Morgan fingerprint density at radius 3 is 2.79 bits per heavy atom. The van der Waals surface area contributed by atoms with E-state index in [9.17, 15) is 10.1 Å². The number of nitrogens with two attached hydrogens (primary N) is 1. The van der Waals surface area contributed by atoms with E-state index in [0.29, 0.717) is 17.1 Å². The molecule has 2 rings (SSSR count). The van der Waals surface area contributed by atoms with Crippen LogP contribution in [-0.4, -0.2) is 11.0 Å². The number of nitro benzene ring substituents is 1. The predicted octanol–water partition coefficient (Wildman–Crippen LogP) is 3.56. The van der Waals surface area contributed by atoms with Gasteiger partial charge in [0.2, 0.25) is 0 Å². The van der Waals surface area contributed by atoms with E-state index in [4.69, 9.17) is 5.73 Å². The largest absolute Gasteiger partial charge is 0.398 e. The summed E-state index contributed by atoms with van der Waals surface area (Å²) in [6.07, 6.45) is 4.61. The summed E-state index contributed by atoms with van der Waals surface area (Å²) < 4.78 is 0. The average molecular weight is 263 g/mol. The molecule has 1 aliphatic carbocycles. The predicted molar refractivity (Wildman–Crippen MR) is 77.2 cm³/mol. The number of non-ortho nitro benzene ring substituents is 1. The second-order valence-electron chi connectivity index (χ2n) is 6.17. The number of nitrogen functional groups attached to an aromatic ring is 1. The van der Waals surface area contributed by atoms with Crippen LogP contribution in [0, 0.1) is 15.5 Å². The number of nitro groups is 1. The van der Waals surface area contributed by atoms with Gasteiger partial charge in [-0.2, -0.15) is 0 Å². The summed E-state index contributed by atoms with van der Waals surface area (Å²) in [4.78, 5) is 10.4. The molecule has 0 aromatic heterocycles. The molecule has 1 unspecified atom stereocenters. The van der Waals surface area contributed by atoms with Crippen LogP contribution in [0.2, 0.25) is 0 Å². The molecule has 0 saturated heterocycles. The molecule has 1 fully saturated rings. The van der Waals surface area contributed by atoms with Crippen LogP contribution in [0.3, 0.4) is 0 Å². The summed E-state index contributed by atoms with van der Waals surface area (Å²) >= 11 is 0. The quantitative estimate of drug-likeness (QED) is 0.496. The van der Waals surface area contributed by atoms with Crippen LogP contribution < -0.4 is 11.1 Å². The standard InChI is InChI=1S/C14H21N3O2/c1-14(2)5-3-4-11(9-14)16-12-6-10(15)7-13(8-12)17(18)19/h6-8,11,16H,3-5,9,15H2,1-2H3. The molecule has 0 aliphatic heterocycles. The van der Waals surface area contributed by atoms with Gasteiger partial charge in [-0.15, -0.1) is 0 Å². The fourth-order valence-corrected chi connectivity index (χ4v) is 2.88. The smallest absolute Gasteiger partial charge is 0.273 e. The molecule has 1 aromatic rings. The molecular weight excluding hydrogens is 242 g/mol. The third-order valence-corrected chi connectivity index (χ3v) is 3.73. The lowest BCUT2D eigenvalue weighted by Gasteiger charge is -2.36. The van der Waals surface area contributed by atoms with Crippen molar-refractivity contribution >= 4 is 17.1 Å². The molecule has 3 N–H and O–H groups in total. The average Bonchev–Trinajstić information content (AvgIpc) is 2.26. The number of hydrogen-bond donors (Lipinski definition) is 2. The van der Waals surface area contributed by atoms with Gasteiger partial charge in [-0.1, -0.05) is 20.3 Å². The molecular formula is C14H21N3O2. The van der Waals surface area contributed by atoms with Crippen molar-refractivity contribution in [1.29, 1.82) is 0 Å². The molecule has 1 atom stereocenters. The lowest BCUT2D eigenvalue weighted by Crippen LogP contribution is -2.31. The highest BCUT2D eigenvalue weighted by Crippen LogP contribution is 2.36. The Labute approximate surface area is 113 Å². The molecule has 104 valence electrons. The molecule has 19 heavy (non-hydrogen) atoms. The minimum Gasteiger partial charge on any atom is -0.398 e. The van der Waals surface area contributed by atoms with Crippen molar-refractivity contribution in [2.24, 2.45) is 5.41 Å². The van der Waals surface area contributed by atoms with Gasteiger partial charge in [-0.3, -0.25) is 10.1 Å². The second kappa shape index (κ2) is 5.07. The van der Waals surface area contributed by atoms with Gasteiger partial charge in [0.15, 0.2) is 0 Å². The van der Waals surface area contributed by atoms with E-state index in [1.165, 1.54) is 18.9 Å². The van der Waals surface area contributed by atoms with Crippen molar-refractivity contribution in [2.45, 2.75) is 45.6 Å². The number of nitrogens with zero attached hydrogens (tertiary/aromatic N) is 1. The Morgan fingerprint density at radius 2 is 2.16 bits per heavy atom. The van der Waals surface area contributed by atoms with Crippen LogP contribution in [0.25, 0.3) is 0 Å². The first-order valence-corrected chi connectivity index (χ1v) is 6.67. The molecule has 1 aromatic carbocycles. The zero-order chi connectivity index (χ0) is 14.0. The SMILES string of the molecule is CC1(C)CCCC(Nc2cc(N)cc([N+](=O)[O-])c2)C1. The maximum Gasteiger partial charge on any atom is 0.273 e. The van der Waals surface area contributed by atoms with Crippen LogP contribution in [0.4, 0.5) is 17.1 Å². The van der Waals surface area contributed by atoms with Crippen molar-refractivity contribution in [3.8, 4) is 0 Å². The van der Waals surface area contributed by atoms with E-state index in [1.807, 2.05) is 0 Å². The molecule has 5 nitrogen and oxygen atoms in total. The van der Waals surface area contributed by atoms with Gasteiger partial charge in [0.25, 0.3) is 5.69 Å². The maximum absolute atomic E-state index is 10.8. The molecule has 1 saturated carbocycles. The first-order valence-electron chi connectivity index (χ1n) is 6.67.